The fourth-order valence-corrected chi connectivity index (χ4v) is 2.97. The van der Waals surface area contributed by atoms with Crippen LogP contribution in [0, 0.1) is 13.8 Å². The molecule has 0 radical (unpaired) electrons. The number of methoxy groups -OCH3 is 1. The molecule has 23 heavy (non-hydrogen) atoms. The number of hydrogen-bond donors (Lipinski definition) is 1. The highest BCUT2D eigenvalue weighted by Gasteiger charge is 2.15. The highest BCUT2D eigenvalue weighted by atomic mass is 35.5. The lowest BCUT2D eigenvalue weighted by atomic mass is 10.1. The van der Waals surface area contributed by atoms with Crippen LogP contribution in [0.4, 0.5) is 5.13 Å². The molecule has 1 aromatic heterocycles. The van der Waals surface area contributed by atoms with E-state index < -0.39 is 0 Å². The molecule has 1 amide bonds. The van der Waals surface area contributed by atoms with Crippen LogP contribution in [0.2, 0.25) is 5.02 Å². The van der Waals surface area contributed by atoms with Gasteiger partial charge >= 0.3 is 0 Å². The number of halogens is 1. The van der Waals surface area contributed by atoms with Gasteiger partial charge in [-0.05, 0) is 32.0 Å². The Morgan fingerprint density at radius 2 is 2.04 bits per heavy atom. The van der Waals surface area contributed by atoms with E-state index in [2.05, 4.69) is 10.3 Å². The molecule has 0 unspecified atom stereocenters. The SMILES string of the molecule is COc1ccc(Cl)cc1C(=O)CCC(=O)Nc1nc(C)c(C)s1. The molecule has 2 aromatic rings. The van der Waals surface area contributed by atoms with E-state index in [1.165, 1.54) is 18.4 Å². The minimum absolute atomic E-state index is 0.0753. The van der Waals surface area contributed by atoms with Crippen molar-refractivity contribution in [3.63, 3.8) is 0 Å². The molecular weight excluding hydrogens is 336 g/mol. The zero-order chi connectivity index (χ0) is 17.0. The highest BCUT2D eigenvalue weighted by molar-refractivity contribution is 7.15. The normalized spacial score (nSPS) is 10.4. The van der Waals surface area contributed by atoms with E-state index in [1.807, 2.05) is 13.8 Å². The van der Waals surface area contributed by atoms with Crippen molar-refractivity contribution in [2.75, 3.05) is 12.4 Å². The summed E-state index contributed by atoms with van der Waals surface area (Å²) < 4.78 is 5.15. The van der Waals surface area contributed by atoms with Crippen molar-refractivity contribution in [1.29, 1.82) is 0 Å². The van der Waals surface area contributed by atoms with E-state index in [1.54, 1.807) is 18.2 Å². The topological polar surface area (TPSA) is 68.3 Å². The molecule has 0 fully saturated rings. The van der Waals surface area contributed by atoms with Gasteiger partial charge in [0.15, 0.2) is 10.9 Å². The van der Waals surface area contributed by atoms with Crippen molar-refractivity contribution in [3.8, 4) is 5.75 Å². The summed E-state index contributed by atoms with van der Waals surface area (Å²) in [5.74, 6) is 0.0186. The van der Waals surface area contributed by atoms with Crippen LogP contribution in [0.1, 0.15) is 33.8 Å². The van der Waals surface area contributed by atoms with Gasteiger partial charge in [0, 0.05) is 22.7 Å². The average Bonchev–Trinajstić information content (AvgIpc) is 2.82. The second kappa shape index (κ2) is 7.57. The van der Waals surface area contributed by atoms with Gasteiger partial charge < -0.3 is 10.1 Å². The Morgan fingerprint density at radius 3 is 2.65 bits per heavy atom. The Labute approximate surface area is 143 Å². The van der Waals surface area contributed by atoms with Gasteiger partial charge in [0.1, 0.15) is 5.75 Å². The smallest absolute Gasteiger partial charge is 0.226 e. The first-order valence-corrected chi connectivity index (χ1v) is 8.20. The molecule has 1 N–H and O–H groups in total. The predicted molar refractivity (Wildman–Crippen MR) is 91.8 cm³/mol. The van der Waals surface area contributed by atoms with Crippen LogP contribution in [0.15, 0.2) is 18.2 Å². The van der Waals surface area contributed by atoms with Gasteiger partial charge in [-0.15, -0.1) is 11.3 Å². The van der Waals surface area contributed by atoms with E-state index in [0.29, 0.717) is 21.5 Å². The first-order chi connectivity index (χ1) is 10.9. The summed E-state index contributed by atoms with van der Waals surface area (Å²) in [5, 5.41) is 3.71. The summed E-state index contributed by atoms with van der Waals surface area (Å²) >= 11 is 7.33. The molecule has 0 atom stereocenters. The number of Topliss-reactive ketones (excluding diaryl/α,β-unsaturated/α-hetero) is 1. The van der Waals surface area contributed by atoms with Gasteiger partial charge in [-0.1, -0.05) is 11.6 Å². The van der Waals surface area contributed by atoms with Gasteiger partial charge in [0.05, 0.1) is 18.4 Å². The zero-order valence-electron chi connectivity index (χ0n) is 13.1. The Morgan fingerprint density at radius 1 is 1.30 bits per heavy atom. The molecule has 0 bridgehead atoms. The standard InChI is InChI=1S/C16H17ClN2O3S/c1-9-10(2)23-16(18-9)19-15(21)7-5-13(20)12-8-11(17)4-6-14(12)22-3/h4,6,8H,5,7H2,1-3H3,(H,18,19,21). The summed E-state index contributed by atoms with van der Waals surface area (Å²) in [5.41, 5.74) is 1.28. The predicted octanol–water partition coefficient (Wildman–Crippen LogP) is 4.02. The number of nitrogens with one attached hydrogen (secondary N) is 1. The zero-order valence-corrected chi connectivity index (χ0v) is 14.7. The van der Waals surface area contributed by atoms with Crippen LogP contribution in [-0.4, -0.2) is 23.8 Å². The fraction of sp³-hybridized carbons (Fsp3) is 0.312. The number of ketones is 1. The monoisotopic (exact) mass is 352 g/mol. The maximum Gasteiger partial charge on any atom is 0.226 e. The third-order valence-electron chi connectivity index (χ3n) is 3.32. The van der Waals surface area contributed by atoms with Gasteiger partial charge in [-0.25, -0.2) is 4.98 Å². The van der Waals surface area contributed by atoms with E-state index in [-0.39, 0.29) is 24.5 Å². The fourth-order valence-electron chi connectivity index (χ4n) is 1.97. The van der Waals surface area contributed by atoms with Crippen molar-refractivity contribution in [2.45, 2.75) is 26.7 Å². The maximum atomic E-state index is 12.3. The second-order valence-electron chi connectivity index (χ2n) is 4.98. The van der Waals surface area contributed by atoms with Gasteiger partial charge in [-0.2, -0.15) is 0 Å². The van der Waals surface area contributed by atoms with Crippen LogP contribution < -0.4 is 10.1 Å². The minimum Gasteiger partial charge on any atom is -0.496 e. The molecule has 0 saturated carbocycles. The van der Waals surface area contributed by atoms with Crippen LogP contribution in [-0.2, 0) is 4.79 Å². The van der Waals surface area contributed by atoms with Crippen LogP contribution in [0.25, 0.3) is 0 Å². The van der Waals surface area contributed by atoms with Gasteiger partial charge in [0.2, 0.25) is 5.91 Å². The summed E-state index contributed by atoms with van der Waals surface area (Å²) in [6.07, 6.45) is 0.151. The first kappa shape index (κ1) is 17.4. The van der Waals surface area contributed by atoms with Crippen LogP contribution >= 0.6 is 22.9 Å². The number of ether oxygens (including phenoxy) is 1. The molecular formula is C16H17ClN2O3S. The number of aryl methyl sites for hydroxylation is 2. The lowest BCUT2D eigenvalue weighted by Gasteiger charge is -2.08. The number of thiazole rings is 1. The van der Waals surface area contributed by atoms with Crippen molar-refractivity contribution in [2.24, 2.45) is 0 Å². The number of rotatable bonds is 6. The molecule has 1 aromatic carbocycles. The van der Waals surface area contributed by atoms with Crippen LogP contribution in [0.5, 0.6) is 5.75 Å². The first-order valence-electron chi connectivity index (χ1n) is 7.01. The molecule has 0 aliphatic heterocycles. The van der Waals surface area contributed by atoms with E-state index in [4.69, 9.17) is 16.3 Å². The van der Waals surface area contributed by atoms with Gasteiger partial charge in [0.25, 0.3) is 0 Å². The third kappa shape index (κ3) is 4.53. The summed E-state index contributed by atoms with van der Waals surface area (Å²) in [6, 6.07) is 4.84. The number of anilines is 1. The number of benzene rings is 1. The molecule has 1 heterocycles. The second-order valence-corrected chi connectivity index (χ2v) is 6.62. The van der Waals surface area contributed by atoms with E-state index >= 15 is 0 Å². The summed E-state index contributed by atoms with van der Waals surface area (Å²) in [7, 11) is 1.49. The third-order valence-corrected chi connectivity index (χ3v) is 4.54. The molecule has 7 heteroatoms. The number of hydrogen-bond acceptors (Lipinski definition) is 5. The van der Waals surface area contributed by atoms with E-state index in [9.17, 15) is 9.59 Å². The summed E-state index contributed by atoms with van der Waals surface area (Å²) in [6.45, 7) is 3.83. The largest absolute Gasteiger partial charge is 0.496 e. The minimum atomic E-state index is -0.243. The van der Waals surface area contributed by atoms with Crippen molar-refractivity contribution >= 4 is 39.8 Å². The number of carbonyl (C=O) groups excluding carboxylic acids is 2. The lowest BCUT2D eigenvalue weighted by molar-refractivity contribution is -0.116. The Balaban J connectivity index is 1.96. The number of nitrogens with zero attached hydrogens (tertiary/aromatic N) is 1. The molecule has 0 aliphatic carbocycles. The quantitative estimate of drug-likeness (QED) is 0.797. The van der Waals surface area contributed by atoms with Crippen molar-refractivity contribution in [1.82, 2.24) is 4.98 Å². The molecule has 122 valence electrons. The lowest BCUT2D eigenvalue weighted by Crippen LogP contribution is -2.13. The Hall–Kier alpha value is -1.92. The Kier molecular flexibility index (Phi) is 5.74. The molecule has 2 rings (SSSR count). The highest BCUT2D eigenvalue weighted by Crippen LogP contribution is 2.25. The molecule has 0 saturated heterocycles. The Bertz CT molecular complexity index is 723. The molecule has 0 spiro atoms. The molecule has 0 aliphatic rings. The number of amides is 1. The van der Waals surface area contributed by atoms with Crippen LogP contribution in [0.3, 0.4) is 0 Å². The maximum absolute atomic E-state index is 12.3. The number of carbonyl (C=O) groups is 2. The average molecular weight is 353 g/mol. The van der Waals surface area contributed by atoms with Crippen molar-refractivity contribution < 1.29 is 14.3 Å². The van der Waals surface area contributed by atoms with Gasteiger partial charge in [-0.3, -0.25) is 9.59 Å². The molecule has 5 nitrogen and oxygen atoms in total. The number of aromatic nitrogens is 1. The summed E-state index contributed by atoms with van der Waals surface area (Å²) in [4.78, 5) is 29.5. The van der Waals surface area contributed by atoms with E-state index in [0.717, 1.165) is 10.6 Å². The van der Waals surface area contributed by atoms with Crippen molar-refractivity contribution in [3.05, 3.63) is 39.4 Å².